The first-order valence-corrected chi connectivity index (χ1v) is 14.4. The van der Waals surface area contributed by atoms with E-state index in [0.29, 0.717) is 0 Å². The molecule has 3 N–H and O–H groups in total. The van der Waals surface area contributed by atoms with Crippen molar-refractivity contribution in [2.45, 2.75) is 46.2 Å². The van der Waals surface area contributed by atoms with Crippen LogP contribution in [-0.2, 0) is 24.0 Å². The predicted molar refractivity (Wildman–Crippen MR) is 165 cm³/mol. The lowest BCUT2D eigenvalue weighted by Crippen LogP contribution is -2.49. The van der Waals surface area contributed by atoms with Crippen molar-refractivity contribution < 1.29 is 24.0 Å². The van der Waals surface area contributed by atoms with Gasteiger partial charge < -0.3 is 10.6 Å². The van der Waals surface area contributed by atoms with Crippen molar-refractivity contribution in [3.63, 3.8) is 0 Å². The lowest BCUT2D eigenvalue weighted by Gasteiger charge is -2.26. The largest absolute Gasteiger partial charge is 0.346 e. The molecule has 222 valence electrons. The van der Waals surface area contributed by atoms with Crippen LogP contribution in [0, 0.1) is 24.7 Å². The maximum absolute atomic E-state index is 13.3. The summed E-state index contributed by atoms with van der Waals surface area (Å²) in [5.74, 6) is -4.77. The molecule has 1 heterocycles. The van der Waals surface area contributed by atoms with Crippen molar-refractivity contribution in [1.29, 1.82) is 0 Å². The first kappa shape index (κ1) is 31.1. The molecule has 0 aromatic heterocycles. The summed E-state index contributed by atoms with van der Waals surface area (Å²) in [4.78, 5) is 63.8. The monoisotopic (exact) mass is 579 g/mol. The summed E-state index contributed by atoms with van der Waals surface area (Å²) in [6, 6.07) is 23.7. The first-order valence-electron chi connectivity index (χ1n) is 14.4. The Labute approximate surface area is 252 Å². The predicted octanol–water partition coefficient (Wildman–Crippen LogP) is 4.54. The Kier molecular flexibility index (Phi) is 10.0. The van der Waals surface area contributed by atoms with E-state index in [1.165, 1.54) is 13.0 Å². The smallest absolute Gasteiger partial charge is 0.244 e. The maximum atomic E-state index is 13.3. The van der Waals surface area contributed by atoms with E-state index >= 15 is 0 Å². The van der Waals surface area contributed by atoms with Gasteiger partial charge in [-0.1, -0.05) is 105 Å². The Morgan fingerprint density at radius 3 is 2.05 bits per heavy atom. The van der Waals surface area contributed by atoms with Crippen LogP contribution in [-0.4, -0.2) is 35.5 Å². The lowest BCUT2D eigenvalue weighted by molar-refractivity contribution is -0.137. The van der Waals surface area contributed by atoms with Gasteiger partial charge in [-0.15, -0.1) is 0 Å². The third kappa shape index (κ3) is 7.92. The molecule has 0 saturated carbocycles. The van der Waals surface area contributed by atoms with Gasteiger partial charge in [-0.2, -0.15) is 0 Å². The minimum Gasteiger partial charge on any atom is -0.346 e. The van der Waals surface area contributed by atoms with Gasteiger partial charge >= 0.3 is 0 Å². The number of hydrogen-bond donors (Lipinski definition) is 3. The number of carbonyl (C=O) groups excluding carboxylic acids is 5. The minimum atomic E-state index is -1.15. The Bertz CT molecular complexity index is 1510. The van der Waals surface area contributed by atoms with Gasteiger partial charge in [-0.05, 0) is 41.2 Å². The van der Waals surface area contributed by atoms with Crippen LogP contribution in [0.5, 0.6) is 0 Å². The number of benzene rings is 3. The summed E-state index contributed by atoms with van der Waals surface area (Å²) in [7, 11) is 0. The fraction of sp³-hybridized carbons (Fsp3) is 0.286. The molecular weight excluding hydrogens is 542 g/mol. The fourth-order valence-corrected chi connectivity index (χ4v) is 5.10. The number of rotatable bonds is 11. The van der Waals surface area contributed by atoms with Crippen LogP contribution in [0.4, 0.5) is 0 Å². The zero-order valence-corrected chi connectivity index (χ0v) is 24.8. The zero-order valence-electron chi connectivity index (χ0n) is 24.8. The van der Waals surface area contributed by atoms with Crippen molar-refractivity contribution in [1.82, 2.24) is 16.0 Å². The van der Waals surface area contributed by atoms with Gasteiger partial charge in [0.1, 0.15) is 5.92 Å². The number of amides is 4. The van der Waals surface area contributed by atoms with Crippen LogP contribution in [0.25, 0.3) is 17.2 Å². The minimum absolute atomic E-state index is 0.129. The normalized spacial score (nSPS) is 17.9. The molecule has 4 rings (SSSR count). The molecule has 0 spiro atoms. The number of nitrogens with one attached hydrogen (secondary N) is 3. The molecule has 4 amide bonds. The van der Waals surface area contributed by atoms with Crippen LogP contribution >= 0.6 is 0 Å². The second-order valence-corrected chi connectivity index (χ2v) is 11.3. The summed E-state index contributed by atoms with van der Waals surface area (Å²) in [5, 5.41) is 7.87. The third-order valence-corrected chi connectivity index (χ3v) is 7.67. The molecule has 1 aliphatic rings. The molecule has 43 heavy (non-hydrogen) atoms. The quantitative estimate of drug-likeness (QED) is 0.175. The van der Waals surface area contributed by atoms with Crippen molar-refractivity contribution in [3.8, 4) is 11.1 Å². The Balaban J connectivity index is 1.45. The third-order valence-electron chi connectivity index (χ3n) is 7.67. The number of Topliss-reactive ketones (excluding diaryl/α,β-unsaturated/α-hetero) is 1. The molecule has 0 aliphatic carbocycles. The molecule has 3 aromatic carbocycles. The van der Waals surface area contributed by atoms with E-state index in [4.69, 9.17) is 0 Å². The maximum Gasteiger partial charge on any atom is 0.244 e. The van der Waals surface area contributed by atoms with Crippen LogP contribution in [0.2, 0.25) is 0 Å². The molecule has 8 nitrogen and oxygen atoms in total. The van der Waals surface area contributed by atoms with Gasteiger partial charge in [0.2, 0.25) is 23.6 Å². The summed E-state index contributed by atoms with van der Waals surface area (Å²) in [6.45, 7) is 6.99. The van der Waals surface area contributed by atoms with Gasteiger partial charge in [0.05, 0.1) is 24.4 Å². The Morgan fingerprint density at radius 1 is 0.837 bits per heavy atom. The van der Waals surface area contributed by atoms with Crippen LogP contribution in [0.1, 0.15) is 49.9 Å². The number of hydrogen-bond acceptors (Lipinski definition) is 5. The average Bonchev–Trinajstić information content (AvgIpc) is 3.25. The van der Waals surface area contributed by atoms with Gasteiger partial charge in [-0.3, -0.25) is 29.3 Å². The first-order chi connectivity index (χ1) is 20.5. The highest BCUT2D eigenvalue weighted by atomic mass is 16.2. The molecule has 1 aliphatic heterocycles. The van der Waals surface area contributed by atoms with Crippen molar-refractivity contribution in [3.05, 3.63) is 102 Å². The molecule has 4 atom stereocenters. The van der Waals surface area contributed by atoms with Crippen molar-refractivity contribution >= 4 is 35.5 Å². The average molecular weight is 580 g/mol. The number of carbonyl (C=O) groups is 5. The fourth-order valence-electron chi connectivity index (χ4n) is 5.10. The second kappa shape index (κ2) is 13.9. The van der Waals surface area contributed by atoms with Crippen LogP contribution in [0.15, 0.2) is 84.9 Å². The van der Waals surface area contributed by atoms with Crippen LogP contribution < -0.4 is 16.0 Å². The van der Waals surface area contributed by atoms with Gasteiger partial charge in [0.15, 0.2) is 5.78 Å². The lowest BCUT2D eigenvalue weighted by atomic mass is 9.85. The number of aryl methyl sites for hydroxylation is 1. The standard InChI is InChI=1S/C35H37N3O5/c1-21(2)32(33(41)31-23(4)34(42)38-35(31)43)37-30(40)20-28(27-15-10-22(3)11-16-27)36-29(39)19-14-24-12-17-26(18-13-24)25-8-6-5-7-9-25/h5-19,21,23,28,31-32H,20H2,1-4H3,(H,36,39)(H,37,40)(H,38,42,43)/b19-14+/t23-,28?,31+,32-/m0/s1. The number of ketones is 1. The molecule has 8 heteroatoms. The zero-order chi connectivity index (χ0) is 31.1. The van der Waals surface area contributed by atoms with Gasteiger partial charge in [-0.25, -0.2) is 0 Å². The summed E-state index contributed by atoms with van der Waals surface area (Å²) >= 11 is 0. The molecule has 0 radical (unpaired) electrons. The molecule has 1 unspecified atom stereocenters. The van der Waals surface area contributed by atoms with Crippen molar-refractivity contribution in [2.75, 3.05) is 0 Å². The molecule has 3 aromatic rings. The summed E-state index contributed by atoms with van der Waals surface area (Å²) in [6.07, 6.45) is 3.00. The van der Waals surface area contributed by atoms with Gasteiger partial charge in [0, 0.05) is 6.08 Å². The van der Waals surface area contributed by atoms with E-state index in [-0.39, 0.29) is 18.2 Å². The SMILES string of the molecule is Cc1ccc(C(CC(=O)N[C@H](C(=O)[C@@H]2C(=O)NC(=O)[C@H]2C)C(C)C)NC(=O)/C=C/c2ccc(-c3ccccc3)cc2)cc1. The van der Waals surface area contributed by atoms with E-state index in [0.717, 1.165) is 27.8 Å². The highest BCUT2D eigenvalue weighted by Crippen LogP contribution is 2.24. The van der Waals surface area contributed by atoms with E-state index in [9.17, 15) is 24.0 Å². The molecule has 0 bridgehead atoms. The van der Waals surface area contributed by atoms with Gasteiger partial charge in [0.25, 0.3) is 0 Å². The number of imide groups is 1. The van der Waals surface area contributed by atoms with E-state index in [1.807, 2.05) is 85.8 Å². The summed E-state index contributed by atoms with van der Waals surface area (Å²) in [5.41, 5.74) is 4.78. The Morgan fingerprint density at radius 2 is 1.47 bits per heavy atom. The molecule has 1 saturated heterocycles. The Hall–Kier alpha value is -4.85. The molecular formula is C35H37N3O5. The van der Waals surface area contributed by atoms with E-state index < -0.39 is 47.4 Å². The van der Waals surface area contributed by atoms with Crippen molar-refractivity contribution in [2.24, 2.45) is 17.8 Å². The highest BCUT2D eigenvalue weighted by molar-refractivity contribution is 6.16. The van der Waals surface area contributed by atoms with E-state index in [2.05, 4.69) is 16.0 Å². The highest BCUT2D eigenvalue weighted by Gasteiger charge is 2.46. The second-order valence-electron chi connectivity index (χ2n) is 11.3. The molecule has 1 fully saturated rings. The topological polar surface area (TPSA) is 121 Å². The summed E-state index contributed by atoms with van der Waals surface area (Å²) < 4.78 is 0. The van der Waals surface area contributed by atoms with E-state index in [1.54, 1.807) is 19.9 Å². The van der Waals surface area contributed by atoms with Crippen LogP contribution in [0.3, 0.4) is 0 Å².